The summed E-state index contributed by atoms with van der Waals surface area (Å²) >= 11 is 0. The molecular weight excluding hydrogens is 216 g/mol. The number of hydrogen-bond acceptors (Lipinski definition) is 3. The number of carbonyl (C=O) groups excluding carboxylic acids is 1. The Balaban J connectivity index is 2.42. The molecule has 1 rings (SSSR count). The number of nitrogens with two attached hydrogens (primary N) is 1. The van der Waals surface area contributed by atoms with Crippen LogP contribution < -0.4 is 11.1 Å². The Kier molecular flexibility index (Phi) is 5.92. The van der Waals surface area contributed by atoms with E-state index in [1.807, 2.05) is 0 Å². The zero-order valence-corrected chi connectivity index (χ0v) is 10.9. The third kappa shape index (κ3) is 3.68. The molecule has 0 saturated heterocycles. The number of hydrogen-bond donors (Lipinski definition) is 3. The SMILES string of the molecule is CCC(CCO)CNC(=O)C1(CN)CCCC1. The van der Waals surface area contributed by atoms with Crippen molar-refractivity contribution in [1.29, 1.82) is 0 Å². The molecule has 1 amide bonds. The summed E-state index contributed by atoms with van der Waals surface area (Å²) in [5.41, 5.74) is 5.46. The Bertz CT molecular complexity index is 238. The summed E-state index contributed by atoms with van der Waals surface area (Å²) in [4.78, 5) is 12.2. The van der Waals surface area contributed by atoms with Crippen LogP contribution in [0.25, 0.3) is 0 Å². The lowest BCUT2D eigenvalue weighted by atomic mass is 9.85. The van der Waals surface area contributed by atoms with E-state index >= 15 is 0 Å². The highest BCUT2D eigenvalue weighted by Gasteiger charge is 2.39. The first kappa shape index (κ1) is 14.5. The number of rotatable bonds is 7. The van der Waals surface area contributed by atoms with Gasteiger partial charge in [0.05, 0.1) is 5.41 Å². The second-order valence-electron chi connectivity index (χ2n) is 5.19. The molecule has 0 bridgehead atoms. The van der Waals surface area contributed by atoms with Crippen LogP contribution in [-0.2, 0) is 4.79 Å². The standard InChI is InChI=1S/C13H26N2O2/c1-2-11(5-8-16)9-15-12(17)13(10-14)6-3-4-7-13/h11,16H,2-10,14H2,1H3,(H,15,17). The number of aliphatic hydroxyl groups is 1. The van der Waals surface area contributed by atoms with Gasteiger partial charge in [-0.2, -0.15) is 0 Å². The highest BCUT2D eigenvalue weighted by atomic mass is 16.3. The second kappa shape index (κ2) is 6.97. The first-order valence-corrected chi connectivity index (χ1v) is 6.77. The molecule has 0 heterocycles. The van der Waals surface area contributed by atoms with Crippen molar-refractivity contribution in [1.82, 2.24) is 5.32 Å². The van der Waals surface area contributed by atoms with Gasteiger partial charge in [0.25, 0.3) is 0 Å². The summed E-state index contributed by atoms with van der Waals surface area (Å²) in [5, 5.41) is 11.9. The molecule has 0 radical (unpaired) electrons. The predicted octanol–water partition coefficient (Wildman–Crippen LogP) is 1.03. The van der Waals surface area contributed by atoms with Crippen molar-refractivity contribution < 1.29 is 9.90 Å². The molecular formula is C13H26N2O2. The predicted molar refractivity (Wildman–Crippen MR) is 68.4 cm³/mol. The van der Waals surface area contributed by atoms with E-state index in [1.54, 1.807) is 0 Å². The fourth-order valence-corrected chi connectivity index (χ4v) is 2.63. The number of aliphatic hydroxyl groups excluding tert-OH is 1. The first-order valence-electron chi connectivity index (χ1n) is 6.77. The summed E-state index contributed by atoms with van der Waals surface area (Å²) in [6.07, 6.45) is 5.80. The minimum atomic E-state index is -0.308. The van der Waals surface area contributed by atoms with E-state index in [-0.39, 0.29) is 17.9 Å². The van der Waals surface area contributed by atoms with Gasteiger partial charge in [0.2, 0.25) is 5.91 Å². The molecule has 0 aromatic carbocycles. The van der Waals surface area contributed by atoms with Gasteiger partial charge in [-0.25, -0.2) is 0 Å². The van der Waals surface area contributed by atoms with Gasteiger partial charge in [-0.05, 0) is 25.2 Å². The molecule has 0 aromatic rings. The van der Waals surface area contributed by atoms with Gasteiger partial charge in [0.1, 0.15) is 0 Å². The Morgan fingerprint density at radius 3 is 2.59 bits per heavy atom. The fourth-order valence-electron chi connectivity index (χ4n) is 2.63. The van der Waals surface area contributed by atoms with Crippen molar-refractivity contribution in [2.24, 2.45) is 17.1 Å². The maximum atomic E-state index is 12.2. The smallest absolute Gasteiger partial charge is 0.227 e. The molecule has 1 saturated carbocycles. The van der Waals surface area contributed by atoms with Crippen LogP contribution in [0.3, 0.4) is 0 Å². The molecule has 100 valence electrons. The molecule has 4 nitrogen and oxygen atoms in total. The third-order valence-corrected chi connectivity index (χ3v) is 4.10. The average Bonchev–Trinajstić information content (AvgIpc) is 2.84. The highest BCUT2D eigenvalue weighted by molar-refractivity contribution is 5.83. The topological polar surface area (TPSA) is 75.3 Å². The van der Waals surface area contributed by atoms with Crippen molar-refractivity contribution in [3.63, 3.8) is 0 Å². The van der Waals surface area contributed by atoms with Crippen LogP contribution in [0.5, 0.6) is 0 Å². The minimum Gasteiger partial charge on any atom is -0.396 e. The van der Waals surface area contributed by atoms with E-state index in [9.17, 15) is 4.79 Å². The molecule has 17 heavy (non-hydrogen) atoms. The van der Waals surface area contributed by atoms with E-state index in [1.165, 1.54) is 0 Å². The van der Waals surface area contributed by atoms with Gasteiger partial charge in [-0.1, -0.05) is 26.2 Å². The van der Waals surface area contributed by atoms with E-state index in [4.69, 9.17) is 10.8 Å². The van der Waals surface area contributed by atoms with E-state index in [0.29, 0.717) is 19.0 Å². The maximum absolute atomic E-state index is 12.2. The molecule has 0 aliphatic heterocycles. The van der Waals surface area contributed by atoms with Crippen molar-refractivity contribution in [3.05, 3.63) is 0 Å². The van der Waals surface area contributed by atoms with Crippen molar-refractivity contribution in [3.8, 4) is 0 Å². The van der Waals surface area contributed by atoms with Gasteiger partial charge in [-0.15, -0.1) is 0 Å². The first-order chi connectivity index (χ1) is 8.18. The van der Waals surface area contributed by atoms with Crippen molar-refractivity contribution in [2.75, 3.05) is 19.7 Å². The molecule has 1 fully saturated rings. The van der Waals surface area contributed by atoms with Crippen LogP contribution in [0.2, 0.25) is 0 Å². The molecule has 4 N–H and O–H groups in total. The van der Waals surface area contributed by atoms with Crippen LogP contribution >= 0.6 is 0 Å². The minimum absolute atomic E-state index is 0.119. The largest absolute Gasteiger partial charge is 0.396 e. The van der Waals surface area contributed by atoms with Crippen LogP contribution in [0.4, 0.5) is 0 Å². The number of amides is 1. The summed E-state index contributed by atoms with van der Waals surface area (Å²) in [6.45, 7) is 3.39. The average molecular weight is 242 g/mol. The Hall–Kier alpha value is -0.610. The normalized spacial score (nSPS) is 20.2. The summed E-state index contributed by atoms with van der Waals surface area (Å²) < 4.78 is 0. The van der Waals surface area contributed by atoms with Gasteiger partial charge in [0, 0.05) is 19.7 Å². The number of carbonyl (C=O) groups is 1. The van der Waals surface area contributed by atoms with E-state index in [2.05, 4.69) is 12.2 Å². The number of nitrogens with one attached hydrogen (secondary N) is 1. The van der Waals surface area contributed by atoms with Crippen LogP contribution in [0.1, 0.15) is 45.4 Å². The van der Waals surface area contributed by atoms with Gasteiger partial charge in [0.15, 0.2) is 0 Å². The van der Waals surface area contributed by atoms with Crippen LogP contribution in [-0.4, -0.2) is 30.7 Å². The lowest BCUT2D eigenvalue weighted by molar-refractivity contribution is -0.130. The van der Waals surface area contributed by atoms with Gasteiger partial charge in [-0.3, -0.25) is 4.79 Å². The third-order valence-electron chi connectivity index (χ3n) is 4.10. The van der Waals surface area contributed by atoms with Crippen molar-refractivity contribution >= 4 is 5.91 Å². The maximum Gasteiger partial charge on any atom is 0.227 e. The van der Waals surface area contributed by atoms with E-state index < -0.39 is 0 Å². The van der Waals surface area contributed by atoms with Gasteiger partial charge >= 0.3 is 0 Å². The van der Waals surface area contributed by atoms with Crippen molar-refractivity contribution in [2.45, 2.75) is 45.4 Å². The zero-order chi connectivity index (χ0) is 12.7. The second-order valence-corrected chi connectivity index (χ2v) is 5.19. The Morgan fingerprint density at radius 2 is 2.12 bits per heavy atom. The molecule has 0 aromatic heterocycles. The molecule has 1 aliphatic carbocycles. The molecule has 0 spiro atoms. The quantitative estimate of drug-likeness (QED) is 0.624. The fraction of sp³-hybridized carbons (Fsp3) is 0.923. The lowest BCUT2D eigenvalue weighted by Gasteiger charge is -2.27. The molecule has 1 aliphatic rings. The summed E-state index contributed by atoms with van der Waals surface area (Å²) in [5.74, 6) is 0.495. The summed E-state index contributed by atoms with van der Waals surface area (Å²) in [6, 6.07) is 0. The lowest BCUT2D eigenvalue weighted by Crippen LogP contribution is -2.45. The molecule has 1 unspecified atom stereocenters. The molecule has 1 atom stereocenters. The Morgan fingerprint density at radius 1 is 1.47 bits per heavy atom. The van der Waals surface area contributed by atoms with Crippen LogP contribution in [0.15, 0.2) is 0 Å². The monoisotopic (exact) mass is 242 g/mol. The van der Waals surface area contributed by atoms with E-state index in [0.717, 1.165) is 38.5 Å². The Labute approximate surface area is 104 Å². The van der Waals surface area contributed by atoms with Crippen LogP contribution in [0, 0.1) is 11.3 Å². The summed E-state index contributed by atoms with van der Waals surface area (Å²) in [7, 11) is 0. The molecule has 4 heteroatoms. The zero-order valence-electron chi connectivity index (χ0n) is 10.9. The highest BCUT2D eigenvalue weighted by Crippen LogP contribution is 2.37. The van der Waals surface area contributed by atoms with Gasteiger partial charge < -0.3 is 16.2 Å².